The molecule has 2 aromatic carbocycles. The van der Waals surface area contributed by atoms with E-state index >= 15 is 0 Å². The Hall–Kier alpha value is -2.21. The highest BCUT2D eigenvalue weighted by Crippen LogP contribution is 2.17. The second-order valence-corrected chi connectivity index (χ2v) is 8.26. The topological polar surface area (TPSA) is 47.0 Å². The summed E-state index contributed by atoms with van der Waals surface area (Å²) in [4.78, 5) is 19.6. The first-order chi connectivity index (χ1) is 14.2. The quantitative estimate of drug-likeness (QED) is 0.848. The Morgan fingerprint density at radius 2 is 1.38 bits per heavy atom. The minimum absolute atomic E-state index is 0.0893. The van der Waals surface area contributed by atoms with Crippen LogP contribution >= 0.6 is 0 Å². The van der Waals surface area contributed by atoms with Crippen molar-refractivity contribution in [3.8, 4) is 0 Å². The number of likely N-dealkylation sites (tertiary alicyclic amines) is 1. The minimum Gasteiger partial charge on any atom is -0.393 e. The highest BCUT2D eigenvalue weighted by molar-refractivity contribution is 5.94. The van der Waals surface area contributed by atoms with Crippen LogP contribution in [0.1, 0.15) is 34.3 Å². The predicted octanol–water partition coefficient (Wildman–Crippen LogP) is 2.60. The third kappa shape index (κ3) is 5.44. The Bertz CT molecular complexity index is 795. The molecular formula is C24H31N3O2. The summed E-state index contributed by atoms with van der Waals surface area (Å²) in [6.07, 6.45) is 1.10. The van der Waals surface area contributed by atoms with Gasteiger partial charge in [-0.15, -0.1) is 0 Å². The van der Waals surface area contributed by atoms with E-state index in [9.17, 15) is 9.90 Å². The molecule has 154 valence electrons. The van der Waals surface area contributed by atoms with Crippen LogP contribution in [0, 0.1) is 0 Å². The molecule has 1 N–H and O–H groups in total. The second kappa shape index (κ2) is 9.53. The number of carbonyl (C=O) groups is 1. The third-order valence-electron chi connectivity index (χ3n) is 6.05. The van der Waals surface area contributed by atoms with E-state index in [4.69, 9.17) is 0 Å². The van der Waals surface area contributed by atoms with E-state index in [1.807, 2.05) is 23.1 Å². The van der Waals surface area contributed by atoms with Gasteiger partial charge in [-0.3, -0.25) is 14.6 Å². The Labute approximate surface area is 173 Å². The number of rotatable bonds is 5. The first kappa shape index (κ1) is 20.1. The standard InChI is InChI=1S/C24H31N3O2/c28-23-9-11-27(12-10-23)24(29)22-8-4-7-21(17-22)19-26-15-13-25(14-16-26)18-20-5-2-1-3-6-20/h1-8,17,23,28H,9-16,18-19H2. The summed E-state index contributed by atoms with van der Waals surface area (Å²) in [6, 6.07) is 18.7. The Balaban J connectivity index is 1.29. The van der Waals surface area contributed by atoms with Crippen LogP contribution in [0.2, 0.25) is 0 Å². The molecular weight excluding hydrogens is 362 g/mol. The van der Waals surface area contributed by atoms with Gasteiger partial charge in [0.1, 0.15) is 0 Å². The number of aliphatic hydroxyl groups is 1. The number of hydrogen-bond donors (Lipinski definition) is 1. The lowest BCUT2D eigenvalue weighted by Crippen LogP contribution is -2.45. The molecule has 4 rings (SSSR count). The van der Waals surface area contributed by atoms with Gasteiger partial charge in [-0.05, 0) is 36.1 Å². The predicted molar refractivity (Wildman–Crippen MR) is 115 cm³/mol. The second-order valence-electron chi connectivity index (χ2n) is 8.26. The number of piperidine rings is 1. The lowest BCUT2D eigenvalue weighted by molar-refractivity contribution is 0.0546. The fourth-order valence-corrected chi connectivity index (χ4v) is 4.26. The SMILES string of the molecule is O=C(c1cccc(CN2CCN(Cc3ccccc3)CC2)c1)N1CCC(O)CC1. The molecule has 0 saturated carbocycles. The summed E-state index contributed by atoms with van der Waals surface area (Å²) in [6.45, 7) is 7.45. The molecule has 5 heteroatoms. The van der Waals surface area contributed by atoms with E-state index in [-0.39, 0.29) is 12.0 Å². The molecule has 29 heavy (non-hydrogen) atoms. The van der Waals surface area contributed by atoms with Gasteiger partial charge in [-0.1, -0.05) is 42.5 Å². The van der Waals surface area contributed by atoms with Crippen LogP contribution < -0.4 is 0 Å². The van der Waals surface area contributed by atoms with Crippen molar-refractivity contribution in [2.75, 3.05) is 39.3 Å². The molecule has 0 radical (unpaired) electrons. The molecule has 2 heterocycles. The van der Waals surface area contributed by atoms with Gasteiger partial charge >= 0.3 is 0 Å². The van der Waals surface area contributed by atoms with Crippen LogP contribution in [0.25, 0.3) is 0 Å². The maximum absolute atomic E-state index is 12.8. The number of carbonyl (C=O) groups excluding carboxylic acids is 1. The average Bonchev–Trinajstić information content (AvgIpc) is 2.76. The van der Waals surface area contributed by atoms with Crippen LogP contribution in [0.4, 0.5) is 0 Å². The number of benzene rings is 2. The van der Waals surface area contributed by atoms with Crippen LogP contribution in [0.5, 0.6) is 0 Å². The molecule has 1 amide bonds. The zero-order valence-electron chi connectivity index (χ0n) is 17.0. The fourth-order valence-electron chi connectivity index (χ4n) is 4.26. The van der Waals surface area contributed by atoms with Gasteiger partial charge in [-0.2, -0.15) is 0 Å². The smallest absolute Gasteiger partial charge is 0.253 e. The van der Waals surface area contributed by atoms with Crippen LogP contribution in [0.3, 0.4) is 0 Å². The van der Waals surface area contributed by atoms with Gasteiger partial charge in [0.2, 0.25) is 0 Å². The number of piperazine rings is 1. The van der Waals surface area contributed by atoms with E-state index in [0.29, 0.717) is 25.9 Å². The highest BCUT2D eigenvalue weighted by atomic mass is 16.3. The monoisotopic (exact) mass is 393 g/mol. The average molecular weight is 394 g/mol. The summed E-state index contributed by atoms with van der Waals surface area (Å²) in [5, 5.41) is 9.66. The van der Waals surface area contributed by atoms with Crippen molar-refractivity contribution in [2.45, 2.75) is 32.0 Å². The Morgan fingerprint density at radius 3 is 2.03 bits per heavy atom. The summed E-state index contributed by atoms with van der Waals surface area (Å²) in [7, 11) is 0. The molecule has 5 nitrogen and oxygen atoms in total. The van der Waals surface area contributed by atoms with E-state index < -0.39 is 0 Å². The molecule has 0 aliphatic carbocycles. The number of hydrogen-bond acceptors (Lipinski definition) is 4. The maximum Gasteiger partial charge on any atom is 0.253 e. The van der Waals surface area contributed by atoms with Crippen molar-refractivity contribution in [1.29, 1.82) is 0 Å². The minimum atomic E-state index is -0.258. The third-order valence-corrected chi connectivity index (χ3v) is 6.05. The van der Waals surface area contributed by atoms with Crippen LogP contribution in [-0.2, 0) is 13.1 Å². The van der Waals surface area contributed by atoms with Gasteiger partial charge in [0.05, 0.1) is 6.10 Å². The molecule has 0 aromatic heterocycles. The number of aliphatic hydroxyl groups excluding tert-OH is 1. The van der Waals surface area contributed by atoms with Crippen LogP contribution in [0.15, 0.2) is 54.6 Å². The first-order valence-electron chi connectivity index (χ1n) is 10.7. The lowest BCUT2D eigenvalue weighted by Gasteiger charge is -2.35. The largest absolute Gasteiger partial charge is 0.393 e. The van der Waals surface area contributed by atoms with Crippen molar-refractivity contribution in [2.24, 2.45) is 0 Å². The first-order valence-corrected chi connectivity index (χ1v) is 10.7. The number of amides is 1. The summed E-state index contributed by atoms with van der Waals surface area (Å²) >= 11 is 0. The van der Waals surface area contributed by atoms with Crippen molar-refractivity contribution in [3.63, 3.8) is 0 Å². The number of nitrogens with zero attached hydrogens (tertiary/aromatic N) is 3. The molecule has 0 atom stereocenters. The van der Waals surface area contributed by atoms with Gasteiger partial charge < -0.3 is 10.0 Å². The Morgan fingerprint density at radius 1 is 0.793 bits per heavy atom. The summed E-state index contributed by atoms with van der Waals surface area (Å²) in [5.41, 5.74) is 3.34. The van der Waals surface area contributed by atoms with Crippen molar-refractivity contribution in [1.82, 2.24) is 14.7 Å². The molecule has 2 aliphatic rings. The molecule has 2 aliphatic heterocycles. The zero-order chi connectivity index (χ0) is 20.1. The van der Waals surface area contributed by atoms with Crippen molar-refractivity contribution in [3.05, 3.63) is 71.3 Å². The van der Waals surface area contributed by atoms with Gasteiger partial charge in [-0.25, -0.2) is 0 Å². The molecule has 0 unspecified atom stereocenters. The molecule has 0 spiro atoms. The lowest BCUT2D eigenvalue weighted by atomic mass is 10.0. The summed E-state index contributed by atoms with van der Waals surface area (Å²) < 4.78 is 0. The summed E-state index contributed by atoms with van der Waals surface area (Å²) in [5.74, 6) is 0.0893. The zero-order valence-corrected chi connectivity index (χ0v) is 17.0. The fraction of sp³-hybridized carbons (Fsp3) is 0.458. The molecule has 0 bridgehead atoms. The van der Waals surface area contributed by atoms with Crippen molar-refractivity contribution < 1.29 is 9.90 Å². The van der Waals surface area contributed by atoms with Crippen LogP contribution in [-0.4, -0.2) is 71.1 Å². The molecule has 2 saturated heterocycles. The van der Waals surface area contributed by atoms with E-state index in [0.717, 1.165) is 44.8 Å². The van der Waals surface area contributed by atoms with Gasteiger partial charge in [0, 0.05) is 57.9 Å². The Kier molecular flexibility index (Phi) is 6.60. The van der Waals surface area contributed by atoms with Crippen molar-refractivity contribution >= 4 is 5.91 Å². The van der Waals surface area contributed by atoms with E-state index in [2.05, 4.69) is 46.2 Å². The normalized spacial score (nSPS) is 19.4. The van der Waals surface area contributed by atoms with E-state index in [1.165, 1.54) is 11.1 Å². The maximum atomic E-state index is 12.8. The molecule has 2 fully saturated rings. The van der Waals surface area contributed by atoms with Gasteiger partial charge in [0.15, 0.2) is 0 Å². The highest BCUT2D eigenvalue weighted by Gasteiger charge is 2.23. The van der Waals surface area contributed by atoms with Gasteiger partial charge in [0.25, 0.3) is 5.91 Å². The van der Waals surface area contributed by atoms with E-state index in [1.54, 1.807) is 0 Å². The molecule has 2 aromatic rings.